The van der Waals surface area contributed by atoms with Crippen molar-refractivity contribution >= 4 is 11.6 Å². The Kier molecular flexibility index (Phi) is 2.73. The van der Waals surface area contributed by atoms with Gasteiger partial charge in [0.15, 0.2) is 0 Å². The van der Waals surface area contributed by atoms with Crippen molar-refractivity contribution in [2.24, 2.45) is 0 Å². The summed E-state index contributed by atoms with van der Waals surface area (Å²) in [7, 11) is 0. The summed E-state index contributed by atoms with van der Waals surface area (Å²) in [6.07, 6.45) is -5.03. The molecule has 0 aliphatic heterocycles. The largest absolute Gasteiger partial charge is 0.471 e. The number of halogens is 4. The normalized spacial score (nSPS) is 11.1. The molecule has 6 heteroatoms. The maximum Gasteiger partial charge on any atom is 0.471 e. The zero-order valence-corrected chi connectivity index (χ0v) is 6.65. The predicted molar refractivity (Wildman–Crippen MR) is 39.9 cm³/mol. The van der Waals surface area contributed by atoms with Gasteiger partial charge in [-0.15, -0.1) is 0 Å². The highest BCUT2D eigenvalue weighted by molar-refractivity contribution is 5.94. The van der Waals surface area contributed by atoms with E-state index in [1.807, 2.05) is 0 Å². The number of rotatable bonds is 1. The number of alkyl halides is 3. The lowest BCUT2D eigenvalue weighted by Crippen LogP contribution is -2.30. The number of benzene rings is 1. The molecule has 0 aromatic heterocycles. The fourth-order valence-electron chi connectivity index (χ4n) is 0.700. The summed E-state index contributed by atoms with van der Waals surface area (Å²) >= 11 is 0. The molecule has 0 spiro atoms. The molecule has 0 saturated carbocycles. The number of hydrogen-bond acceptors (Lipinski definition) is 1. The van der Waals surface area contributed by atoms with Crippen LogP contribution in [0.3, 0.4) is 0 Å². The van der Waals surface area contributed by atoms with Gasteiger partial charge in [-0.3, -0.25) is 4.79 Å². The zero-order chi connectivity index (χ0) is 10.8. The Labute approximate surface area is 76.5 Å². The van der Waals surface area contributed by atoms with E-state index in [0.29, 0.717) is 0 Å². The Morgan fingerprint density at radius 3 is 2.57 bits per heavy atom. The van der Waals surface area contributed by atoms with Crippen molar-refractivity contribution < 1.29 is 22.4 Å². The molecule has 2 nitrogen and oxygen atoms in total. The average molecular weight is 206 g/mol. The third kappa shape index (κ3) is 2.45. The quantitative estimate of drug-likeness (QED) is 0.700. The molecule has 0 aliphatic carbocycles. The minimum atomic E-state index is -5.03. The third-order valence-corrected chi connectivity index (χ3v) is 1.32. The van der Waals surface area contributed by atoms with Crippen LogP contribution in [-0.4, -0.2) is 12.1 Å². The van der Waals surface area contributed by atoms with Gasteiger partial charge in [0.25, 0.3) is 0 Å². The fourth-order valence-corrected chi connectivity index (χ4v) is 0.700. The second-order valence-electron chi connectivity index (χ2n) is 2.36. The highest BCUT2D eigenvalue weighted by Gasteiger charge is 2.38. The second-order valence-corrected chi connectivity index (χ2v) is 2.36. The first kappa shape index (κ1) is 10.5. The van der Waals surface area contributed by atoms with Gasteiger partial charge < -0.3 is 5.32 Å². The highest BCUT2D eigenvalue weighted by atomic mass is 19.4. The molecule has 0 bridgehead atoms. The lowest BCUT2D eigenvalue weighted by molar-refractivity contribution is -0.167. The van der Waals surface area contributed by atoms with E-state index in [2.05, 4.69) is 6.07 Å². The highest BCUT2D eigenvalue weighted by Crippen LogP contribution is 2.19. The summed E-state index contributed by atoms with van der Waals surface area (Å²) in [5.74, 6) is -3.16. The van der Waals surface area contributed by atoms with Crippen LogP contribution in [0.25, 0.3) is 0 Å². The van der Waals surface area contributed by atoms with E-state index in [-0.39, 0.29) is 0 Å². The Morgan fingerprint density at radius 1 is 1.43 bits per heavy atom. The standard InChI is InChI=1S/C8H4F4NO/c9-5-3-1-2-4-6(5)13-7(14)8(10,11)12/h1,3-4H,(H,13,14). The van der Waals surface area contributed by atoms with Crippen LogP contribution < -0.4 is 5.32 Å². The van der Waals surface area contributed by atoms with Crippen LogP contribution in [0.15, 0.2) is 18.2 Å². The summed E-state index contributed by atoms with van der Waals surface area (Å²) in [5, 5.41) is 1.38. The van der Waals surface area contributed by atoms with Crippen molar-refractivity contribution in [3.8, 4) is 0 Å². The molecule has 1 N–H and O–H groups in total. The summed E-state index contributed by atoms with van der Waals surface area (Å²) in [6, 6.07) is 5.33. The van der Waals surface area contributed by atoms with Gasteiger partial charge in [-0.25, -0.2) is 4.39 Å². The van der Waals surface area contributed by atoms with Crippen LogP contribution in [0.5, 0.6) is 0 Å². The topological polar surface area (TPSA) is 29.1 Å². The van der Waals surface area contributed by atoms with Crippen molar-refractivity contribution in [1.82, 2.24) is 0 Å². The SMILES string of the molecule is O=C(Nc1c[c]ccc1F)C(F)(F)F. The van der Waals surface area contributed by atoms with Crippen LogP contribution in [0.2, 0.25) is 0 Å². The van der Waals surface area contributed by atoms with E-state index >= 15 is 0 Å². The van der Waals surface area contributed by atoms with E-state index in [1.54, 1.807) is 0 Å². The van der Waals surface area contributed by atoms with Gasteiger partial charge >= 0.3 is 12.1 Å². The fraction of sp³-hybridized carbons (Fsp3) is 0.125. The molecule has 1 rings (SSSR count). The molecular formula is C8H4F4NO. The first-order chi connectivity index (χ1) is 6.41. The van der Waals surface area contributed by atoms with Gasteiger partial charge in [0.1, 0.15) is 5.82 Å². The number of nitrogens with one attached hydrogen (secondary N) is 1. The molecule has 75 valence electrons. The van der Waals surface area contributed by atoms with Crippen molar-refractivity contribution in [2.45, 2.75) is 6.18 Å². The van der Waals surface area contributed by atoms with E-state index in [0.717, 1.165) is 12.1 Å². The Morgan fingerprint density at radius 2 is 2.07 bits per heavy atom. The number of amides is 1. The molecule has 0 unspecified atom stereocenters. The van der Waals surface area contributed by atoms with Gasteiger partial charge in [0.05, 0.1) is 5.69 Å². The van der Waals surface area contributed by atoms with Crippen LogP contribution in [0.4, 0.5) is 23.2 Å². The molecule has 1 amide bonds. The molecule has 0 aliphatic rings. The Bertz CT molecular complexity index is 347. The van der Waals surface area contributed by atoms with Crippen molar-refractivity contribution in [3.63, 3.8) is 0 Å². The van der Waals surface area contributed by atoms with Crippen LogP contribution >= 0.6 is 0 Å². The number of carbonyl (C=O) groups is 1. The van der Waals surface area contributed by atoms with E-state index < -0.39 is 23.6 Å². The van der Waals surface area contributed by atoms with Crippen molar-refractivity contribution in [2.75, 3.05) is 5.32 Å². The maximum atomic E-state index is 12.7. The van der Waals surface area contributed by atoms with Gasteiger partial charge in [-0.1, -0.05) is 6.07 Å². The lowest BCUT2D eigenvalue weighted by atomic mass is 10.3. The van der Waals surface area contributed by atoms with E-state index in [4.69, 9.17) is 0 Å². The molecule has 1 radical (unpaired) electrons. The van der Waals surface area contributed by atoms with Crippen molar-refractivity contribution in [3.05, 3.63) is 30.1 Å². The molecule has 1 aromatic rings. The molecule has 0 saturated heterocycles. The van der Waals surface area contributed by atoms with Crippen LogP contribution in [0.1, 0.15) is 0 Å². The summed E-state index contributed by atoms with van der Waals surface area (Å²) in [5.41, 5.74) is -0.546. The average Bonchev–Trinajstić information content (AvgIpc) is 2.07. The minimum Gasteiger partial charge on any atom is -0.316 e. The third-order valence-electron chi connectivity index (χ3n) is 1.32. The monoisotopic (exact) mass is 206 g/mol. The van der Waals surface area contributed by atoms with Gasteiger partial charge in [0, 0.05) is 0 Å². The van der Waals surface area contributed by atoms with Gasteiger partial charge in [-0.05, 0) is 18.2 Å². The Balaban J connectivity index is 2.80. The minimum absolute atomic E-state index is 0.546. The number of anilines is 1. The first-order valence-corrected chi connectivity index (χ1v) is 3.45. The maximum absolute atomic E-state index is 12.7. The number of carbonyl (C=O) groups excluding carboxylic acids is 1. The van der Waals surface area contributed by atoms with Crippen LogP contribution in [0, 0.1) is 11.9 Å². The molecule has 0 atom stereocenters. The summed E-state index contributed by atoms with van der Waals surface area (Å²) in [6.45, 7) is 0. The van der Waals surface area contributed by atoms with Crippen LogP contribution in [-0.2, 0) is 4.79 Å². The molecule has 0 fully saturated rings. The van der Waals surface area contributed by atoms with Gasteiger partial charge in [0.2, 0.25) is 0 Å². The first-order valence-electron chi connectivity index (χ1n) is 3.45. The molecule has 0 heterocycles. The molecular weight excluding hydrogens is 202 g/mol. The number of hydrogen-bond donors (Lipinski definition) is 1. The molecule has 1 aromatic carbocycles. The van der Waals surface area contributed by atoms with E-state index in [1.165, 1.54) is 11.4 Å². The summed E-state index contributed by atoms with van der Waals surface area (Å²) in [4.78, 5) is 10.4. The predicted octanol–water partition coefficient (Wildman–Crippen LogP) is 2.13. The van der Waals surface area contributed by atoms with Gasteiger partial charge in [-0.2, -0.15) is 13.2 Å². The Hall–Kier alpha value is -1.59. The smallest absolute Gasteiger partial charge is 0.316 e. The van der Waals surface area contributed by atoms with E-state index in [9.17, 15) is 22.4 Å². The lowest BCUT2D eigenvalue weighted by Gasteiger charge is -2.07. The second kappa shape index (κ2) is 3.65. The van der Waals surface area contributed by atoms with Crippen molar-refractivity contribution in [1.29, 1.82) is 0 Å². The molecule has 14 heavy (non-hydrogen) atoms. The summed E-state index contributed by atoms with van der Waals surface area (Å²) < 4.78 is 47.9. The zero-order valence-electron chi connectivity index (χ0n) is 6.65.